The molecule has 1 atom stereocenters. The summed E-state index contributed by atoms with van der Waals surface area (Å²) in [5, 5.41) is 8.66. The topological polar surface area (TPSA) is 72.8 Å². The van der Waals surface area contributed by atoms with Gasteiger partial charge in [0, 0.05) is 16.1 Å². The summed E-state index contributed by atoms with van der Waals surface area (Å²) >= 11 is 3.29. The van der Waals surface area contributed by atoms with Gasteiger partial charge in [-0.25, -0.2) is 9.59 Å². The van der Waals surface area contributed by atoms with Gasteiger partial charge in [-0.1, -0.05) is 15.9 Å². The van der Waals surface area contributed by atoms with E-state index in [1.807, 2.05) is 0 Å². The molecule has 0 amide bonds. The Hall–Kier alpha value is -1.82. The summed E-state index contributed by atoms with van der Waals surface area (Å²) in [5.74, 6) is -1.12. The van der Waals surface area contributed by atoms with E-state index < -0.39 is 18.0 Å². The molecule has 6 heteroatoms. The fraction of sp³-hybridized carbons (Fsp3) is 0.286. The second-order valence-corrected chi connectivity index (χ2v) is 4.78. The van der Waals surface area contributed by atoms with E-state index >= 15 is 0 Å². The molecule has 0 unspecified atom stereocenters. The highest BCUT2D eigenvalue weighted by molar-refractivity contribution is 9.10. The molecule has 0 heterocycles. The molecular formula is C14H15BrO5. The third-order valence-electron chi connectivity index (χ3n) is 2.30. The quantitative estimate of drug-likeness (QED) is 0.635. The van der Waals surface area contributed by atoms with Crippen LogP contribution in [0.5, 0.6) is 5.75 Å². The zero-order valence-electron chi connectivity index (χ0n) is 11.1. The van der Waals surface area contributed by atoms with Crippen LogP contribution in [0.2, 0.25) is 0 Å². The van der Waals surface area contributed by atoms with E-state index in [1.165, 1.54) is 6.08 Å². The lowest BCUT2D eigenvalue weighted by Gasteiger charge is -2.15. The van der Waals surface area contributed by atoms with E-state index in [0.717, 1.165) is 10.5 Å². The number of hydrogen-bond donors (Lipinski definition) is 1. The van der Waals surface area contributed by atoms with Crippen LogP contribution in [-0.4, -0.2) is 29.8 Å². The van der Waals surface area contributed by atoms with Crippen molar-refractivity contribution < 1.29 is 24.2 Å². The number of benzene rings is 1. The van der Waals surface area contributed by atoms with Gasteiger partial charge in [0.05, 0.1) is 6.61 Å². The Morgan fingerprint density at radius 3 is 2.75 bits per heavy atom. The molecule has 0 saturated carbocycles. The summed E-state index contributed by atoms with van der Waals surface area (Å²) in [5.41, 5.74) is 0.554. The predicted molar refractivity (Wildman–Crippen MR) is 77.5 cm³/mol. The molecule has 20 heavy (non-hydrogen) atoms. The Morgan fingerprint density at radius 2 is 2.15 bits per heavy atom. The lowest BCUT2D eigenvalue weighted by atomic mass is 10.2. The smallest absolute Gasteiger partial charge is 0.347 e. The molecule has 108 valence electrons. The highest BCUT2D eigenvalue weighted by Crippen LogP contribution is 2.25. The van der Waals surface area contributed by atoms with Crippen LogP contribution in [0.3, 0.4) is 0 Å². The zero-order chi connectivity index (χ0) is 15.1. The number of carboxylic acids is 1. The molecule has 1 rings (SSSR count). The van der Waals surface area contributed by atoms with Crippen molar-refractivity contribution in [2.45, 2.75) is 20.0 Å². The number of carbonyl (C=O) groups excluding carboxylic acids is 1. The number of ether oxygens (including phenoxy) is 2. The molecule has 0 saturated heterocycles. The van der Waals surface area contributed by atoms with Crippen molar-refractivity contribution in [3.8, 4) is 5.75 Å². The van der Waals surface area contributed by atoms with Crippen LogP contribution in [-0.2, 0) is 14.3 Å². The van der Waals surface area contributed by atoms with Crippen LogP contribution in [0.1, 0.15) is 19.4 Å². The van der Waals surface area contributed by atoms with Crippen LogP contribution in [0, 0.1) is 0 Å². The molecule has 0 aliphatic rings. The van der Waals surface area contributed by atoms with Crippen molar-refractivity contribution in [3.63, 3.8) is 0 Å². The first-order valence-electron chi connectivity index (χ1n) is 5.98. The van der Waals surface area contributed by atoms with Gasteiger partial charge in [0.2, 0.25) is 0 Å². The number of aliphatic carboxylic acids is 1. The molecule has 0 bridgehead atoms. The second-order valence-electron chi connectivity index (χ2n) is 3.87. The molecule has 0 aliphatic carbocycles. The minimum absolute atomic E-state index is 0.276. The number of esters is 1. The van der Waals surface area contributed by atoms with Crippen LogP contribution in [0.4, 0.5) is 0 Å². The van der Waals surface area contributed by atoms with Gasteiger partial charge < -0.3 is 14.6 Å². The number of rotatable bonds is 6. The van der Waals surface area contributed by atoms with Crippen molar-refractivity contribution in [1.29, 1.82) is 0 Å². The number of carboxylic acid groups (broad SMARTS) is 1. The summed E-state index contributed by atoms with van der Waals surface area (Å²) in [6, 6.07) is 5.10. The van der Waals surface area contributed by atoms with Crippen molar-refractivity contribution >= 4 is 33.9 Å². The standard InChI is InChI=1S/C14H15BrO5/c1-3-19-14(18)9(2)20-12-6-5-11(15)8-10(12)4-7-13(16)17/h4-9H,3H2,1-2H3,(H,16,17)/b7-4+/t9-/m1/s1. The van der Waals surface area contributed by atoms with Gasteiger partial charge in [-0.2, -0.15) is 0 Å². The number of halogens is 1. The highest BCUT2D eigenvalue weighted by atomic mass is 79.9. The third kappa shape index (κ3) is 5.05. The average Bonchev–Trinajstić information content (AvgIpc) is 2.39. The molecule has 0 aliphatic heterocycles. The summed E-state index contributed by atoms with van der Waals surface area (Å²) in [7, 11) is 0. The fourth-order valence-corrected chi connectivity index (χ4v) is 1.79. The maximum atomic E-state index is 11.5. The zero-order valence-corrected chi connectivity index (χ0v) is 12.7. The van der Waals surface area contributed by atoms with E-state index in [0.29, 0.717) is 11.3 Å². The van der Waals surface area contributed by atoms with E-state index in [1.54, 1.807) is 32.0 Å². The Kier molecular flexibility index (Phi) is 6.24. The van der Waals surface area contributed by atoms with Crippen molar-refractivity contribution in [2.24, 2.45) is 0 Å². The van der Waals surface area contributed by atoms with E-state index in [9.17, 15) is 9.59 Å². The van der Waals surface area contributed by atoms with Gasteiger partial charge >= 0.3 is 11.9 Å². The van der Waals surface area contributed by atoms with E-state index in [4.69, 9.17) is 14.6 Å². The van der Waals surface area contributed by atoms with Crippen LogP contribution in [0.25, 0.3) is 6.08 Å². The number of carbonyl (C=O) groups is 2. The maximum Gasteiger partial charge on any atom is 0.347 e. The third-order valence-corrected chi connectivity index (χ3v) is 2.79. The molecule has 5 nitrogen and oxygen atoms in total. The molecule has 0 radical (unpaired) electrons. The lowest BCUT2D eigenvalue weighted by Crippen LogP contribution is -2.26. The predicted octanol–water partition coefficient (Wildman–Crippen LogP) is 2.88. The van der Waals surface area contributed by atoms with E-state index in [2.05, 4.69) is 15.9 Å². The van der Waals surface area contributed by atoms with Crippen LogP contribution in [0.15, 0.2) is 28.7 Å². The Balaban J connectivity index is 2.94. The van der Waals surface area contributed by atoms with Gasteiger partial charge in [-0.15, -0.1) is 0 Å². The molecule has 0 spiro atoms. The summed E-state index contributed by atoms with van der Waals surface area (Å²) in [4.78, 5) is 22.1. The summed E-state index contributed by atoms with van der Waals surface area (Å²) in [6.45, 7) is 3.56. The normalized spacial score (nSPS) is 12.2. The average molecular weight is 343 g/mol. The van der Waals surface area contributed by atoms with Gasteiger partial charge in [-0.3, -0.25) is 0 Å². The van der Waals surface area contributed by atoms with Crippen molar-refractivity contribution in [2.75, 3.05) is 6.61 Å². The lowest BCUT2D eigenvalue weighted by molar-refractivity contribution is -0.150. The Morgan fingerprint density at radius 1 is 1.45 bits per heavy atom. The first kappa shape index (κ1) is 16.2. The van der Waals surface area contributed by atoms with Crippen molar-refractivity contribution in [1.82, 2.24) is 0 Å². The van der Waals surface area contributed by atoms with Gasteiger partial charge in [0.25, 0.3) is 0 Å². The first-order valence-corrected chi connectivity index (χ1v) is 6.77. The highest BCUT2D eigenvalue weighted by Gasteiger charge is 2.17. The molecule has 1 N–H and O–H groups in total. The van der Waals surface area contributed by atoms with E-state index in [-0.39, 0.29) is 6.61 Å². The van der Waals surface area contributed by atoms with Gasteiger partial charge in [0.15, 0.2) is 6.10 Å². The number of hydrogen-bond acceptors (Lipinski definition) is 4. The largest absolute Gasteiger partial charge is 0.478 e. The summed E-state index contributed by atoms with van der Waals surface area (Å²) in [6.07, 6.45) is 1.64. The second kappa shape index (κ2) is 7.69. The van der Waals surface area contributed by atoms with Crippen molar-refractivity contribution in [3.05, 3.63) is 34.3 Å². The summed E-state index contributed by atoms with van der Waals surface area (Å²) < 4.78 is 11.1. The molecule has 1 aromatic carbocycles. The fourth-order valence-electron chi connectivity index (χ4n) is 1.42. The minimum atomic E-state index is -1.06. The maximum absolute atomic E-state index is 11.5. The van der Waals surface area contributed by atoms with Crippen LogP contribution < -0.4 is 4.74 Å². The van der Waals surface area contributed by atoms with Crippen LogP contribution >= 0.6 is 15.9 Å². The molecule has 1 aromatic rings. The monoisotopic (exact) mass is 342 g/mol. The Bertz CT molecular complexity index is 524. The SMILES string of the molecule is CCOC(=O)[C@@H](C)Oc1ccc(Br)cc1/C=C/C(=O)O. The van der Waals surface area contributed by atoms with Gasteiger partial charge in [0.1, 0.15) is 5.75 Å². The first-order chi connectivity index (χ1) is 9.43. The Labute approximate surface area is 125 Å². The molecule has 0 aromatic heterocycles. The van der Waals surface area contributed by atoms with Gasteiger partial charge in [-0.05, 0) is 38.1 Å². The minimum Gasteiger partial charge on any atom is -0.478 e. The molecular weight excluding hydrogens is 328 g/mol. The molecule has 0 fully saturated rings.